The van der Waals surface area contributed by atoms with Crippen LogP contribution in [0.15, 0.2) is 491 Å². The van der Waals surface area contributed by atoms with E-state index in [0.29, 0.717) is 0 Å². The van der Waals surface area contributed by atoms with Gasteiger partial charge < -0.3 is 13.7 Å². The minimum absolute atomic E-state index is 0.834. The van der Waals surface area contributed by atoms with Crippen LogP contribution < -0.4 is 47.7 Å². The third-order valence-electron chi connectivity index (χ3n) is 27.1. The molecule has 636 valence electrons. The molecule has 21 aromatic carbocycles. The van der Waals surface area contributed by atoms with E-state index >= 15 is 13.7 Å². The predicted molar refractivity (Wildman–Crippen MR) is 570 cm³/mol. The fraction of sp³-hybridized carbons (Fsp3) is 0. The second-order valence-electron chi connectivity index (χ2n) is 34.6. The van der Waals surface area contributed by atoms with Crippen LogP contribution in [0.5, 0.6) is 0 Å². The van der Waals surface area contributed by atoms with Crippen LogP contribution in [0.1, 0.15) is 0 Å². The summed E-state index contributed by atoms with van der Waals surface area (Å²) in [4.78, 5) is 15.2. The second kappa shape index (κ2) is 32.8. The zero-order valence-corrected chi connectivity index (χ0v) is 75.7. The SMILES string of the molecule is O=P(c1ccccc1)(c1ccccc1)c1ccc(-c2ccc3c(c2)c2ccccc2c2nc4ccccc4n32)c2ccccc12.O=P(c1ccccc1)(c1ccccc1)c1ccc(-c2ccc3c4ccccc4c4nc5ccccc5n4c3c2)c2ccccc12.O=P(c1ccccc1)(c1ccccc1)c1ccc2ccc(-c3ccc4c(c3)c3ccccc3n3c5ccccc5nc43)cc2c1. The summed E-state index contributed by atoms with van der Waals surface area (Å²) in [6.45, 7) is 0. The van der Waals surface area contributed by atoms with E-state index in [-0.39, 0.29) is 0 Å². The van der Waals surface area contributed by atoms with Crippen LogP contribution in [0.25, 0.3) is 181 Å². The Hall–Kier alpha value is -16.5. The summed E-state index contributed by atoms with van der Waals surface area (Å²) < 4.78 is 52.7. The molecule has 0 aliphatic heterocycles. The number of benzene rings is 21. The van der Waals surface area contributed by atoms with Crippen LogP contribution in [-0.4, -0.2) is 28.2 Å². The van der Waals surface area contributed by atoms with Crippen LogP contribution in [0, 0.1) is 0 Å². The molecule has 12 heteroatoms. The Balaban J connectivity index is 0.000000108. The first kappa shape index (κ1) is 80.6. The Morgan fingerprint density at radius 1 is 0.163 bits per heavy atom. The molecular formula is C123H81N6O3P3. The van der Waals surface area contributed by atoms with E-state index in [1.54, 1.807) is 0 Å². The highest BCUT2D eigenvalue weighted by molar-refractivity contribution is 7.86. The highest BCUT2D eigenvalue weighted by Gasteiger charge is 2.35. The summed E-state index contributed by atoms with van der Waals surface area (Å²) in [5.41, 5.74) is 19.2. The van der Waals surface area contributed by atoms with E-state index in [1.165, 1.54) is 32.3 Å². The Kier molecular flexibility index (Phi) is 19.6. The number of nitrogens with zero attached hydrogens (tertiary/aromatic N) is 6. The number of aromatic nitrogens is 6. The number of hydrogen-bond acceptors (Lipinski definition) is 6. The summed E-state index contributed by atoms with van der Waals surface area (Å²) in [5, 5.41) is 24.4. The van der Waals surface area contributed by atoms with Gasteiger partial charge in [0.15, 0.2) is 21.4 Å². The van der Waals surface area contributed by atoms with Crippen LogP contribution in [0.2, 0.25) is 0 Å². The fourth-order valence-corrected chi connectivity index (χ4v) is 29.2. The van der Waals surface area contributed by atoms with Crippen molar-refractivity contribution in [3.63, 3.8) is 0 Å². The zero-order chi connectivity index (χ0) is 89.9. The zero-order valence-electron chi connectivity index (χ0n) is 73.0. The van der Waals surface area contributed by atoms with Crippen LogP contribution in [0.3, 0.4) is 0 Å². The third kappa shape index (κ3) is 13.2. The number of rotatable bonds is 12. The van der Waals surface area contributed by atoms with E-state index in [2.05, 4.69) is 286 Å². The van der Waals surface area contributed by atoms with Gasteiger partial charge in [-0.3, -0.25) is 13.2 Å². The monoisotopic (exact) mass is 1780 g/mol. The van der Waals surface area contributed by atoms with Gasteiger partial charge >= 0.3 is 0 Å². The van der Waals surface area contributed by atoms with Crippen molar-refractivity contribution in [2.24, 2.45) is 0 Å². The molecule has 0 unspecified atom stereocenters. The molecule has 0 bridgehead atoms. The minimum atomic E-state index is -3.16. The van der Waals surface area contributed by atoms with Gasteiger partial charge in [-0.2, -0.15) is 0 Å². The van der Waals surface area contributed by atoms with Crippen molar-refractivity contribution in [1.82, 2.24) is 28.2 Å². The summed E-state index contributed by atoms with van der Waals surface area (Å²) >= 11 is 0. The number of imidazole rings is 3. The molecule has 27 rings (SSSR count). The van der Waals surface area contributed by atoms with Crippen molar-refractivity contribution >= 4 is 217 Å². The summed E-state index contributed by atoms with van der Waals surface area (Å²) in [7, 11) is -9.40. The number of para-hydroxylation sites is 7. The van der Waals surface area contributed by atoms with E-state index < -0.39 is 21.4 Å². The normalized spacial score (nSPS) is 12.1. The molecule has 6 heterocycles. The molecule has 0 N–H and O–H groups in total. The minimum Gasteiger partial charge on any atom is -0.309 e. The van der Waals surface area contributed by atoms with Crippen molar-refractivity contribution < 1.29 is 13.7 Å². The molecule has 0 spiro atoms. The van der Waals surface area contributed by atoms with Gasteiger partial charge in [0.05, 0.1) is 49.7 Å². The first-order valence-electron chi connectivity index (χ1n) is 45.5. The third-order valence-corrected chi connectivity index (χ3v) is 36.4. The second-order valence-corrected chi connectivity index (χ2v) is 42.8. The molecule has 0 fully saturated rings. The summed E-state index contributed by atoms with van der Waals surface area (Å²) in [6, 6.07) is 168. The molecule has 6 aromatic heterocycles. The maximum absolute atomic E-state index is 15.4. The van der Waals surface area contributed by atoms with Gasteiger partial charge in [0.25, 0.3) is 0 Å². The van der Waals surface area contributed by atoms with Gasteiger partial charge in [-0.1, -0.05) is 394 Å². The molecule has 0 atom stereocenters. The van der Waals surface area contributed by atoms with Crippen molar-refractivity contribution in [2.45, 2.75) is 0 Å². The first-order valence-corrected chi connectivity index (χ1v) is 50.6. The molecule has 135 heavy (non-hydrogen) atoms. The number of fused-ring (bicyclic) bond motifs is 27. The van der Waals surface area contributed by atoms with Gasteiger partial charge in [0, 0.05) is 80.1 Å². The number of pyridine rings is 3. The van der Waals surface area contributed by atoms with Crippen molar-refractivity contribution in [1.29, 1.82) is 0 Å². The fourth-order valence-electron chi connectivity index (χ4n) is 20.8. The Morgan fingerprint density at radius 2 is 0.467 bits per heavy atom. The topological polar surface area (TPSA) is 103 Å². The Morgan fingerprint density at radius 3 is 0.933 bits per heavy atom. The van der Waals surface area contributed by atoms with Crippen molar-refractivity contribution in [3.8, 4) is 33.4 Å². The Labute approximate surface area is 777 Å². The van der Waals surface area contributed by atoms with Gasteiger partial charge in [-0.25, -0.2) is 15.0 Å². The molecule has 9 nitrogen and oxygen atoms in total. The maximum Gasteiger partial charge on any atom is 0.171 e. The lowest BCUT2D eigenvalue weighted by Crippen LogP contribution is -2.25. The largest absolute Gasteiger partial charge is 0.309 e. The molecule has 0 radical (unpaired) electrons. The Bertz CT molecular complexity index is 9500. The van der Waals surface area contributed by atoms with Gasteiger partial charge in [0.2, 0.25) is 0 Å². The predicted octanol–water partition coefficient (Wildman–Crippen LogP) is 27.8. The van der Waals surface area contributed by atoms with Crippen LogP contribution in [0.4, 0.5) is 0 Å². The smallest absolute Gasteiger partial charge is 0.171 e. The maximum atomic E-state index is 15.4. The van der Waals surface area contributed by atoms with Crippen molar-refractivity contribution in [2.75, 3.05) is 0 Å². The molecular weight excluding hydrogens is 1700 g/mol. The molecule has 0 aliphatic carbocycles. The van der Waals surface area contributed by atoms with Crippen LogP contribution >= 0.6 is 21.4 Å². The van der Waals surface area contributed by atoms with Gasteiger partial charge in [-0.15, -0.1) is 0 Å². The van der Waals surface area contributed by atoms with E-state index in [4.69, 9.17) is 15.0 Å². The lowest BCUT2D eigenvalue weighted by atomic mass is 9.95. The lowest BCUT2D eigenvalue weighted by molar-refractivity contribution is 0.591. The van der Waals surface area contributed by atoms with E-state index in [1.807, 2.05) is 218 Å². The van der Waals surface area contributed by atoms with E-state index in [0.717, 1.165) is 196 Å². The molecule has 0 saturated carbocycles. The summed E-state index contributed by atoms with van der Waals surface area (Å²) in [6.07, 6.45) is 0. The quantitative estimate of drug-likeness (QED) is 0.0892. The molecule has 0 amide bonds. The highest BCUT2D eigenvalue weighted by atomic mass is 31.2. The molecule has 27 aromatic rings. The van der Waals surface area contributed by atoms with Gasteiger partial charge in [-0.05, 0) is 179 Å². The standard InChI is InChI=1S/3C41H27N2OP/c44-45(29-13-3-1-4-14-29,30-15-5-2-6-16-30)40-26-24-31(32-17-7-9-19-34(32)40)28-23-25-38-36(27-28)33-18-8-10-20-35(33)41-42-37-21-11-12-22-39(37)43(38)41;44-45(29-13-3-1-4-14-29,30-15-5-2-6-16-30)40-26-25-31(32-17-7-9-19-35(32)40)28-23-24-34-33-18-8-10-20-36(33)41-42-37-21-11-12-22-38(37)43(41)39(34)27-28;44-45(32-11-3-1-4-12-32,33-13-5-2-6-14-33)34-23-21-28-19-20-29(25-31(28)26-34)30-22-24-36-37(27-30)35-15-7-9-17-39(35)43-40-18-10-8-16-38(40)42-41(36)43/h3*1-27H. The lowest BCUT2D eigenvalue weighted by Gasteiger charge is -2.23. The van der Waals surface area contributed by atoms with E-state index in [9.17, 15) is 0 Å². The molecule has 0 aliphatic rings. The van der Waals surface area contributed by atoms with Gasteiger partial charge in [0.1, 0.15) is 16.9 Å². The number of hydrogen-bond donors (Lipinski definition) is 0. The summed E-state index contributed by atoms with van der Waals surface area (Å²) in [5.74, 6) is 0. The first-order chi connectivity index (χ1) is 66.6. The van der Waals surface area contributed by atoms with Crippen LogP contribution in [-0.2, 0) is 13.7 Å². The van der Waals surface area contributed by atoms with Crippen molar-refractivity contribution in [3.05, 3.63) is 491 Å². The average molecular weight is 1780 g/mol. The molecule has 0 saturated heterocycles. The average Bonchev–Trinajstić information content (AvgIpc) is 1.67. The highest BCUT2D eigenvalue weighted by Crippen LogP contribution is 2.50.